The molecule has 0 spiro atoms. The molecule has 0 saturated heterocycles. The summed E-state index contributed by atoms with van der Waals surface area (Å²) in [7, 11) is 0. The standard InChI is InChI=1S/C11H15BrO/c1-3-9-4-5-11(12)7-10(9)6-8(2)13/h4-5,7-8,13H,3,6H2,1-2H3. The van der Waals surface area contributed by atoms with Gasteiger partial charge in [0.1, 0.15) is 0 Å². The van der Waals surface area contributed by atoms with Gasteiger partial charge in [0.25, 0.3) is 0 Å². The Balaban J connectivity index is 2.94. The summed E-state index contributed by atoms with van der Waals surface area (Å²) in [5.41, 5.74) is 2.57. The van der Waals surface area contributed by atoms with Gasteiger partial charge < -0.3 is 5.11 Å². The molecule has 0 aromatic heterocycles. The highest BCUT2D eigenvalue weighted by Gasteiger charge is 2.04. The molecule has 1 N–H and O–H groups in total. The normalized spacial score (nSPS) is 12.9. The van der Waals surface area contributed by atoms with Crippen LogP contribution in [-0.4, -0.2) is 11.2 Å². The van der Waals surface area contributed by atoms with Crippen LogP contribution in [0.4, 0.5) is 0 Å². The van der Waals surface area contributed by atoms with Crippen LogP contribution in [0.1, 0.15) is 25.0 Å². The highest BCUT2D eigenvalue weighted by atomic mass is 79.9. The number of halogens is 1. The van der Waals surface area contributed by atoms with Crippen LogP contribution in [0.3, 0.4) is 0 Å². The van der Waals surface area contributed by atoms with Gasteiger partial charge in [0.2, 0.25) is 0 Å². The molecule has 0 radical (unpaired) electrons. The molecule has 0 aliphatic heterocycles. The second-order valence-electron chi connectivity index (χ2n) is 3.32. The van der Waals surface area contributed by atoms with Gasteiger partial charge in [0, 0.05) is 4.47 Å². The molecule has 0 amide bonds. The van der Waals surface area contributed by atoms with Gasteiger partial charge in [-0.2, -0.15) is 0 Å². The lowest BCUT2D eigenvalue weighted by Crippen LogP contribution is -2.06. The van der Waals surface area contributed by atoms with Crippen molar-refractivity contribution in [2.45, 2.75) is 32.8 Å². The van der Waals surface area contributed by atoms with E-state index in [9.17, 15) is 5.11 Å². The van der Waals surface area contributed by atoms with E-state index in [1.807, 2.05) is 13.0 Å². The average molecular weight is 243 g/mol. The maximum atomic E-state index is 9.30. The van der Waals surface area contributed by atoms with Crippen LogP contribution in [0, 0.1) is 0 Å². The van der Waals surface area contributed by atoms with E-state index in [1.54, 1.807) is 0 Å². The quantitative estimate of drug-likeness (QED) is 0.865. The molecule has 1 nitrogen and oxygen atoms in total. The van der Waals surface area contributed by atoms with Gasteiger partial charge in [0.05, 0.1) is 6.10 Å². The molecule has 0 fully saturated rings. The van der Waals surface area contributed by atoms with Crippen molar-refractivity contribution < 1.29 is 5.11 Å². The van der Waals surface area contributed by atoms with Crippen LogP contribution >= 0.6 is 15.9 Å². The van der Waals surface area contributed by atoms with Crippen molar-refractivity contribution in [3.63, 3.8) is 0 Å². The van der Waals surface area contributed by atoms with Gasteiger partial charge in [-0.15, -0.1) is 0 Å². The summed E-state index contributed by atoms with van der Waals surface area (Å²) < 4.78 is 1.08. The van der Waals surface area contributed by atoms with E-state index >= 15 is 0 Å². The van der Waals surface area contributed by atoms with Crippen molar-refractivity contribution in [3.8, 4) is 0 Å². The van der Waals surface area contributed by atoms with E-state index < -0.39 is 0 Å². The minimum absolute atomic E-state index is 0.264. The fourth-order valence-electron chi connectivity index (χ4n) is 1.45. The largest absolute Gasteiger partial charge is 0.393 e. The molecule has 1 rings (SSSR count). The first-order valence-electron chi connectivity index (χ1n) is 4.59. The Morgan fingerprint density at radius 2 is 2.08 bits per heavy atom. The molecule has 72 valence electrons. The minimum atomic E-state index is -0.264. The molecule has 1 unspecified atom stereocenters. The summed E-state index contributed by atoms with van der Waals surface area (Å²) in [4.78, 5) is 0. The van der Waals surface area contributed by atoms with E-state index in [0.29, 0.717) is 0 Å². The Hall–Kier alpha value is -0.340. The second kappa shape index (κ2) is 4.77. The van der Waals surface area contributed by atoms with E-state index in [1.165, 1.54) is 11.1 Å². The Bertz CT molecular complexity index is 281. The number of aryl methyl sites for hydroxylation is 1. The average Bonchev–Trinajstić information content (AvgIpc) is 2.03. The SMILES string of the molecule is CCc1ccc(Br)cc1CC(C)O. The van der Waals surface area contributed by atoms with Crippen molar-refractivity contribution in [3.05, 3.63) is 33.8 Å². The summed E-state index contributed by atoms with van der Waals surface area (Å²) in [6.07, 6.45) is 1.50. The third-order valence-electron chi connectivity index (χ3n) is 2.06. The monoisotopic (exact) mass is 242 g/mol. The number of rotatable bonds is 3. The van der Waals surface area contributed by atoms with Gasteiger partial charge in [-0.3, -0.25) is 0 Å². The smallest absolute Gasteiger partial charge is 0.0552 e. The lowest BCUT2D eigenvalue weighted by molar-refractivity contribution is 0.195. The zero-order valence-electron chi connectivity index (χ0n) is 8.05. The van der Waals surface area contributed by atoms with Crippen molar-refractivity contribution in [1.29, 1.82) is 0 Å². The molecule has 1 aromatic rings. The molecule has 0 heterocycles. The Kier molecular flexibility index (Phi) is 3.94. The first-order chi connectivity index (χ1) is 6.13. The van der Waals surface area contributed by atoms with E-state index in [0.717, 1.165) is 17.3 Å². The summed E-state index contributed by atoms with van der Waals surface area (Å²) in [5, 5.41) is 9.30. The van der Waals surface area contributed by atoms with Gasteiger partial charge in [-0.1, -0.05) is 28.9 Å². The molecule has 1 atom stereocenters. The molecule has 0 bridgehead atoms. The molecular weight excluding hydrogens is 228 g/mol. The number of aliphatic hydroxyl groups excluding tert-OH is 1. The number of benzene rings is 1. The predicted octanol–water partition coefficient (Wildman–Crippen LogP) is 2.93. The molecule has 13 heavy (non-hydrogen) atoms. The highest BCUT2D eigenvalue weighted by Crippen LogP contribution is 2.18. The topological polar surface area (TPSA) is 20.2 Å². The number of aliphatic hydroxyl groups is 1. The highest BCUT2D eigenvalue weighted by molar-refractivity contribution is 9.10. The van der Waals surface area contributed by atoms with Crippen molar-refractivity contribution in [2.24, 2.45) is 0 Å². The molecule has 2 heteroatoms. The zero-order valence-corrected chi connectivity index (χ0v) is 9.63. The summed E-state index contributed by atoms with van der Waals surface area (Å²) in [6, 6.07) is 6.25. The maximum absolute atomic E-state index is 9.30. The van der Waals surface area contributed by atoms with Crippen LogP contribution in [-0.2, 0) is 12.8 Å². The van der Waals surface area contributed by atoms with Gasteiger partial charge in [-0.05, 0) is 43.0 Å². The molecule has 0 aliphatic carbocycles. The van der Waals surface area contributed by atoms with Crippen LogP contribution in [0.15, 0.2) is 22.7 Å². The molecular formula is C11H15BrO. The summed E-state index contributed by atoms with van der Waals surface area (Å²) >= 11 is 3.43. The predicted molar refractivity (Wildman–Crippen MR) is 58.9 cm³/mol. The lowest BCUT2D eigenvalue weighted by Gasteiger charge is -2.10. The van der Waals surface area contributed by atoms with Crippen molar-refractivity contribution >= 4 is 15.9 Å². The summed E-state index contributed by atoms with van der Waals surface area (Å²) in [5.74, 6) is 0. The minimum Gasteiger partial charge on any atom is -0.393 e. The number of hydrogen-bond donors (Lipinski definition) is 1. The number of hydrogen-bond acceptors (Lipinski definition) is 1. The van der Waals surface area contributed by atoms with Gasteiger partial charge in [0.15, 0.2) is 0 Å². The van der Waals surface area contributed by atoms with E-state index in [4.69, 9.17) is 0 Å². The second-order valence-corrected chi connectivity index (χ2v) is 4.24. The van der Waals surface area contributed by atoms with Crippen molar-refractivity contribution in [2.75, 3.05) is 0 Å². The van der Waals surface area contributed by atoms with E-state index in [-0.39, 0.29) is 6.10 Å². The van der Waals surface area contributed by atoms with Crippen LogP contribution < -0.4 is 0 Å². The molecule has 0 saturated carbocycles. The first-order valence-corrected chi connectivity index (χ1v) is 5.38. The van der Waals surface area contributed by atoms with Gasteiger partial charge in [-0.25, -0.2) is 0 Å². The van der Waals surface area contributed by atoms with Crippen molar-refractivity contribution in [1.82, 2.24) is 0 Å². The fraction of sp³-hybridized carbons (Fsp3) is 0.455. The lowest BCUT2D eigenvalue weighted by atomic mass is 10.0. The third-order valence-corrected chi connectivity index (χ3v) is 2.56. The maximum Gasteiger partial charge on any atom is 0.0552 e. The van der Waals surface area contributed by atoms with Crippen LogP contribution in [0.5, 0.6) is 0 Å². The van der Waals surface area contributed by atoms with Crippen LogP contribution in [0.25, 0.3) is 0 Å². The van der Waals surface area contributed by atoms with E-state index in [2.05, 4.69) is 35.0 Å². The van der Waals surface area contributed by atoms with Crippen LogP contribution in [0.2, 0.25) is 0 Å². The molecule has 0 aliphatic rings. The Labute approximate surface area is 87.9 Å². The Morgan fingerprint density at radius 1 is 1.38 bits per heavy atom. The molecule has 1 aromatic carbocycles. The zero-order chi connectivity index (χ0) is 9.84. The fourth-order valence-corrected chi connectivity index (χ4v) is 1.86. The van der Waals surface area contributed by atoms with Gasteiger partial charge >= 0.3 is 0 Å². The first kappa shape index (κ1) is 10.7. The summed E-state index contributed by atoms with van der Waals surface area (Å²) in [6.45, 7) is 3.95. The Morgan fingerprint density at radius 3 is 2.62 bits per heavy atom. The third kappa shape index (κ3) is 3.12.